The van der Waals surface area contributed by atoms with Crippen LogP contribution in [-0.4, -0.2) is 52.0 Å². The maximum Gasteiger partial charge on any atom is 0.228 e. The normalized spacial score (nSPS) is 13.2. The molecule has 2 aromatic carbocycles. The fourth-order valence-electron chi connectivity index (χ4n) is 3.94. The molecule has 0 radical (unpaired) electrons. The predicted octanol–water partition coefficient (Wildman–Crippen LogP) is 7.25. The molecule has 2 aromatic heterocycles. The molecule has 0 aliphatic carbocycles. The van der Waals surface area contributed by atoms with E-state index in [4.69, 9.17) is 20.0 Å². The lowest BCUT2D eigenvalue weighted by Crippen LogP contribution is -2.44. The number of hydrogen-bond donors (Lipinski definition) is 1. The smallest absolute Gasteiger partial charge is 0.228 e. The highest BCUT2D eigenvalue weighted by Crippen LogP contribution is 2.30. The van der Waals surface area contributed by atoms with Crippen molar-refractivity contribution >= 4 is 40.7 Å². The Morgan fingerprint density at radius 1 is 1.02 bits per heavy atom. The molecule has 0 bridgehead atoms. The second kappa shape index (κ2) is 15.2. The molecule has 0 unspecified atom stereocenters. The highest BCUT2D eigenvalue weighted by atomic mass is 32.2. The average Bonchev–Trinajstić information content (AvgIpc) is 3.55. The minimum absolute atomic E-state index is 0.622. The maximum atomic E-state index is 9.08. The van der Waals surface area contributed by atoms with Crippen LogP contribution in [0.25, 0.3) is 10.6 Å². The second-order valence-electron chi connectivity index (χ2n) is 8.80. The van der Waals surface area contributed by atoms with Crippen LogP contribution in [0, 0.1) is 11.3 Å². The summed E-state index contributed by atoms with van der Waals surface area (Å²) >= 11 is 3.33. The first-order valence-electron chi connectivity index (χ1n) is 13.7. The number of hydrogen-bond acceptors (Lipinski definition) is 10. The summed E-state index contributed by atoms with van der Waals surface area (Å²) in [5.74, 6) is 2.34. The van der Waals surface area contributed by atoms with Crippen molar-refractivity contribution in [3.8, 4) is 22.4 Å². The van der Waals surface area contributed by atoms with Crippen molar-refractivity contribution < 1.29 is 4.74 Å². The largest absolute Gasteiger partial charge is 0.494 e. The van der Waals surface area contributed by atoms with Gasteiger partial charge in [0, 0.05) is 49.0 Å². The third kappa shape index (κ3) is 8.18. The molecule has 10 heteroatoms. The van der Waals surface area contributed by atoms with E-state index in [2.05, 4.69) is 56.8 Å². The fourth-order valence-corrected chi connectivity index (χ4v) is 5.43. The van der Waals surface area contributed by atoms with Gasteiger partial charge in [-0.05, 0) is 66.9 Å². The van der Waals surface area contributed by atoms with Gasteiger partial charge in [0.2, 0.25) is 5.95 Å². The zero-order valence-electron chi connectivity index (χ0n) is 23.2. The molecule has 1 aliphatic rings. The average molecular weight is 574 g/mol. The molecule has 8 nitrogen and oxygen atoms in total. The van der Waals surface area contributed by atoms with E-state index in [0.29, 0.717) is 17.3 Å². The Morgan fingerprint density at radius 3 is 2.42 bits per heavy atom. The Balaban J connectivity index is 0.00000181. The van der Waals surface area contributed by atoms with E-state index < -0.39 is 0 Å². The van der Waals surface area contributed by atoms with Crippen LogP contribution in [-0.2, 0) is 0 Å². The molecular weight excluding hydrogens is 539 g/mol. The molecule has 0 saturated carbocycles. The highest BCUT2D eigenvalue weighted by Gasteiger charge is 2.21. The van der Waals surface area contributed by atoms with Crippen LogP contribution in [0.2, 0.25) is 0 Å². The quantitative estimate of drug-likeness (QED) is 0.156. The van der Waals surface area contributed by atoms with Crippen molar-refractivity contribution in [3.63, 3.8) is 0 Å². The van der Waals surface area contributed by atoms with Crippen LogP contribution in [0.1, 0.15) is 39.2 Å². The van der Waals surface area contributed by atoms with Gasteiger partial charge in [-0.2, -0.15) is 10.2 Å². The number of aromatic nitrogens is 3. The topological polar surface area (TPSA) is 90.2 Å². The van der Waals surface area contributed by atoms with Gasteiger partial charge in [0.15, 0.2) is 0 Å². The predicted molar refractivity (Wildman–Crippen MR) is 165 cm³/mol. The van der Waals surface area contributed by atoms with Gasteiger partial charge in [0.1, 0.15) is 11.6 Å². The van der Waals surface area contributed by atoms with E-state index in [9.17, 15) is 0 Å². The van der Waals surface area contributed by atoms with Crippen LogP contribution in [0.4, 0.5) is 17.5 Å². The van der Waals surface area contributed by atoms with Gasteiger partial charge >= 0.3 is 0 Å². The van der Waals surface area contributed by atoms with E-state index in [-0.39, 0.29) is 0 Å². The van der Waals surface area contributed by atoms with E-state index in [1.54, 1.807) is 35.4 Å². The lowest BCUT2D eigenvalue weighted by atomic mass is 10.2. The highest BCUT2D eigenvalue weighted by molar-refractivity contribution is 7.97. The van der Waals surface area contributed by atoms with Crippen LogP contribution in [0.15, 0.2) is 71.2 Å². The number of anilines is 3. The summed E-state index contributed by atoms with van der Waals surface area (Å²) in [5.41, 5.74) is 4.14. The molecule has 208 valence electrons. The lowest BCUT2D eigenvalue weighted by molar-refractivity contribution is 0.309. The molecule has 1 saturated heterocycles. The van der Waals surface area contributed by atoms with Gasteiger partial charge in [0.25, 0.3) is 0 Å². The molecule has 5 rings (SSSR count). The van der Waals surface area contributed by atoms with Crippen molar-refractivity contribution in [2.24, 2.45) is 0 Å². The van der Waals surface area contributed by atoms with Crippen LogP contribution in [0.5, 0.6) is 5.75 Å². The molecular formula is C30H35N7OS2. The van der Waals surface area contributed by atoms with Crippen LogP contribution >= 0.6 is 23.3 Å². The Bertz CT molecular complexity index is 1350. The number of nitriles is 1. The SMILES string of the molecule is CC.CCCCOc1ccc(SN2CCN(c3nc(Nc4ccc(C#N)cc4)cc(-c4cncs4)n3)CC2)cc1. The number of rotatable bonds is 10. The summed E-state index contributed by atoms with van der Waals surface area (Å²) in [6, 6.07) is 19.8. The third-order valence-electron chi connectivity index (χ3n) is 6.03. The molecule has 0 amide bonds. The molecule has 4 aromatic rings. The summed E-state index contributed by atoms with van der Waals surface area (Å²) < 4.78 is 8.17. The summed E-state index contributed by atoms with van der Waals surface area (Å²) in [7, 11) is 0. The molecule has 3 heterocycles. The van der Waals surface area contributed by atoms with Gasteiger partial charge in [-0.15, -0.1) is 11.3 Å². The van der Waals surface area contributed by atoms with Crippen molar-refractivity contribution in [2.45, 2.75) is 38.5 Å². The van der Waals surface area contributed by atoms with Crippen molar-refractivity contribution in [1.29, 1.82) is 5.26 Å². The first-order chi connectivity index (χ1) is 19.7. The number of thiazole rings is 1. The van der Waals surface area contributed by atoms with Crippen molar-refractivity contribution in [2.75, 3.05) is 43.0 Å². The molecule has 0 spiro atoms. The number of nitrogens with zero attached hydrogens (tertiary/aromatic N) is 6. The van der Waals surface area contributed by atoms with E-state index in [1.807, 2.05) is 43.8 Å². The van der Waals surface area contributed by atoms with Crippen molar-refractivity contribution in [1.82, 2.24) is 19.3 Å². The van der Waals surface area contributed by atoms with Crippen LogP contribution < -0.4 is 15.0 Å². The summed E-state index contributed by atoms with van der Waals surface area (Å²) in [4.78, 5) is 18.4. The number of unbranched alkanes of at least 4 members (excludes halogenated alkanes) is 1. The van der Waals surface area contributed by atoms with Gasteiger partial charge in [-0.25, -0.2) is 9.29 Å². The van der Waals surface area contributed by atoms with Gasteiger partial charge in [-0.3, -0.25) is 4.98 Å². The van der Waals surface area contributed by atoms with Gasteiger partial charge in [0.05, 0.1) is 34.3 Å². The number of nitrogens with one attached hydrogen (secondary N) is 1. The zero-order valence-corrected chi connectivity index (χ0v) is 24.8. The molecule has 1 fully saturated rings. The zero-order chi connectivity index (χ0) is 28.2. The standard InChI is InChI=1S/C28H29N7OS2.C2H6/c1-2-3-16-36-23-8-10-24(11-9-23)38-35-14-12-34(13-15-35)28-32-25(26-19-30-20-37-26)17-27(33-28)31-22-6-4-21(18-29)5-7-22;1-2/h4-11,17,19-20H,2-3,12-16H2,1H3,(H,31,32,33);1-2H3. The van der Waals surface area contributed by atoms with Gasteiger partial charge < -0.3 is 15.0 Å². The first-order valence-corrected chi connectivity index (χ1v) is 15.3. The Hall–Kier alpha value is -3.65. The number of ether oxygens (including phenoxy) is 1. The molecule has 1 aliphatic heterocycles. The fraction of sp³-hybridized carbons (Fsp3) is 0.333. The Morgan fingerprint density at radius 2 is 1.77 bits per heavy atom. The van der Waals surface area contributed by atoms with Crippen molar-refractivity contribution in [3.05, 3.63) is 71.9 Å². The summed E-state index contributed by atoms with van der Waals surface area (Å²) in [5, 5.41) is 12.4. The minimum Gasteiger partial charge on any atom is -0.494 e. The maximum absolute atomic E-state index is 9.08. The second-order valence-corrected chi connectivity index (χ2v) is 10.9. The lowest BCUT2D eigenvalue weighted by Gasteiger charge is -2.34. The van der Waals surface area contributed by atoms with E-state index >= 15 is 0 Å². The van der Waals surface area contributed by atoms with E-state index in [0.717, 1.165) is 67.6 Å². The van der Waals surface area contributed by atoms with Gasteiger partial charge in [-0.1, -0.05) is 27.2 Å². The molecule has 40 heavy (non-hydrogen) atoms. The first kappa shape index (κ1) is 29.3. The third-order valence-corrected chi connectivity index (χ3v) is 7.93. The Labute approximate surface area is 245 Å². The number of benzene rings is 2. The van der Waals surface area contributed by atoms with Crippen LogP contribution in [0.3, 0.4) is 0 Å². The molecule has 0 atom stereocenters. The minimum atomic E-state index is 0.622. The summed E-state index contributed by atoms with van der Waals surface area (Å²) in [6.07, 6.45) is 4.04. The van der Waals surface area contributed by atoms with E-state index in [1.165, 1.54) is 4.90 Å². The molecule has 1 N–H and O–H groups in total. The number of piperazine rings is 1. The monoisotopic (exact) mass is 573 g/mol. The summed E-state index contributed by atoms with van der Waals surface area (Å²) in [6.45, 7) is 10.4. The Kier molecular flexibility index (Phi) is 11.2.